The molecule has 3 heterocycles. The van der Waals surface area contributed by atoms with Gasteiger partial charge in [0.15, 0.2) is 0 Å². The number of hydrogen-bond acceptors (Lipinski definition) is 8. The maximum atomic E-state index is 14.8. The van der Waals surface area contributed by atoms with Gasteiger partial charge in [-0.3, -0.25) is 15.0 Å². The number of aliphatic hydroxyl groups excluding tert-OH is 1. The van der Waals surface area contributed by atoms with Gasteiger partial charge in [0.25, 0.3) is 0 Å². The Balaban J connectivity index is 1.42. The number of halogens is 1. The van der Waals surface area contributed by atoms with Gasteiger partial charge >= 0.3 is 11.1 Å². The van der Waals surface area contributed by atoms with Crippen LogP contribution in [0.4, 0.5) is 30.6 Å². The summed E-state index contributed by atoms with van der Waals surface area (Å²) in [6.07, 6.45) is -1.21. The lowest BCUT2D eigenvalue weighted by Gasteiger charge is -2.36. The molecule has 4 rings (SSSR count). The summed E-state index contributed by atoms with van der Waals surface area (Å²) in [7, 11) is 0. The van der Waals surface area contributed by atoms with Gasteiger partial charge in [-0.05, 0) is 35.6 Å². The molecular formula is C18H19FN4O5S. The standard InChI is InChI=1S/C18H19FN4O5S/c19-14-9-12(22-10-13(11-24)28-18(22)25)1-2-15(14)20-5-7-21(8-6-20)16-3-4-17(29-16)23(26)27/h1-4,9,13,24H,5-8,10-11H2/t13-/m1/s1. The molecule has 1 N–H and O–H groups in total. The maximum Gasteiger partial charge on any atom is 0.414 e. The van der Waals surface area contributed by atoms with E-state index in [1.165, 1.54) is 17.0 Å². The number of piperazine rings is 1. The van der Waals surface area contributed by atoms with Crippen molar-refractivity contribution < 1.29 is 24.0 Å². The summed E-state index contributed by atoms with van der Waals surface area (Å²) < 4.78 is 19.7. The van der Waals surface area contributed by atoms with Crippen molar-refractivity contribution >= 4 is 38.8 Å². The fourth-order valence-electron chi connectivity index (χ4n) is 3.50. The van der Waals surface area contributed by atoms with Crippen molar-refractivity contribution in [3.05, 3.63) is 46.3 Å². The molecule has 29 heavy (non-hydrogen) atoms. The Bertz CT molecular complexity index is 931. The summed E-state index contributed by atoms with van der Waals surface area (Å²) in [6, 6.07) is 7.83. The van der Waals surface area contributed by atoms with Crippen LogP contribution in [0.15, 0.2) is 30.3 Å². The van der Waals surface area contributed by atoms with Gasteiger partial charge in [-0.15, -0.1) is 0 Å². The largest absolute Gasteiger partial charge is 0.441 e. The first kappa shape index (κ1) is 19.4. The lowest BCUT2D eigenvalue weighted by atomic mass is 10.2. The van der Waals surface area contributed by atoms with Crippen LogP contribution in [-0.4, -0.2) is 61.6 Å². The van der Waals surface area contributed by atoms with E-state index in [-0.39, 0.29) is 18.2 Å². The SMILES string of the molecule is O=C1O[C@@H](CO)CN1c1ccc(N2CCN(c3ccc([N+](=O)[O-])s3)CC2)c(F)c1. The van der Waals surface area contributed by atoms with Gasteiger partial charge in [0, 0.05) is 32.2 Å². The second kappa shape index (κ2) is 7.84. The lowest BCUT2D eigenvalue weighted by molar-refractivity contribution is -0.380. The zero-order valence-corrected chi connectivity index (χ0v) is 16.2. The second-order valence-corrected chi connectivity index (χ2v) is 7.82. The smallest absolute Gasteiger partial charge is 0.414 e. The second-order valence-electron chi connectivity index (χ2n) is 6.78. The van der Waals surface area contributed by atoms with E-state index in [1.54, 1.807) is 18.2 Å². The van der Waals surface area contributed by atoms with Crippen LogP contribution in [0.3, 0.4) is 0 Å². The minimum absolute atomic E-state index is 0.105. The van der Waals surface area contributed by atoms with Crippen LogP contribution in [0.25, 0.3) is 0 Å². The van der Waals surface area contributed by atoms with Crippen LogP contribution in [0.2, 0.25) is 0 Å². The van der Waals surface area contributed by atoms with Crippen molar-refractivity contribution in [1.82, 2.24) is 0 Å². The number of rotatable bonds is 5. The van der Waals surface area contributed by atoms with E-state index in [0.717, 1.165) is 16.3 Å². The van der Waals surface area contributed by atoms with Gasteiger partial charge in [0.05, 0.1) is 34.5 Å². The van der Waals surface area contributed by atoms with Crippen LogP contribution in [-0.2, 0) is 4.74 Å². The van der Waals surface area contributed by atoms with Crippen LogP contribution >= 0.6 is 11.3 Å². The number of amides is 1. The number of thiophene rings is 1. The highest BCUT2D eigenvalue weighted by molar-refractivity contribution is 7.19. The topological polar surface area (TPSA) is 99.4 Å². The molecule has 2 aromatic rings. The number of nitro groups is 1. The van der Waals surface area contributed by atoms with Gasteiger partial charge in [-0.1, -0.05) is 0 Å². The molecule has 0 aliphatic carbocycles. The highest BCUT2D eigenvalue weighted by Gasteiger charge is 2.32. The normalized spacial score (nSPS) is 19.6. The zero-order valence-electron chi connectivity index (χ0n) is 15.4. The number of aliphatic hydroxyl groups is 1. The third-order valence-corrected chi connectivity index (χ3v) is 6.11. The van der Waals surface area contributed by atoms with E-state index in [0.29, 0.717) is 37.6 Å². The van der Waals surface area contributed by atoms with Gasteiger partial charge < -0.3 is 19.6 Å². The minimum Gasteiger partial charge on any atom is -0.441 e. The molecule has 9 nitrogen and oxygen atoms in total. The number of carbonyl (C=O) groups excluding carboxylic acids is 1. The summed E-state index contributed by atoms with van der Waals surface area (Å²) >= 11 is 1.13. The predicted molar refractivity (Wildman–Crippen MR) is 107 cm³/mol. The van der Waals surface area contributed by atoms with Gasteiger partial charge in [0.1, 0.15) is 11.9 Å². The van der Waals surface area contributed by atoms with Crippen molar-refractivity contribution in [2.45, 2.75) is 6.10 Å². The first-order valence-corrected chi connectivity index (χ1v) is 9.90. The summed E-state index contributed by atoms with van der Waals surface area (Å²) in [5.41, 5.74) is 0.827. The molecule has 2 saturated heterocycles. The van der Waals surface area contributed by atoms with Gasteiger partial charge in [-0.25, -0.2) is 9.18 Å². The monoisotopic (exact) mass is 422 g/mol. The Morgan fingerprint density at radius 3 is 2.52 bits per heavy atom. The van der Waals surface area contributed by atoms with E-state index >= 15 is 0 Å². The van der Waals surface area contributed by atoms with Crippen molar-refractivity contribution in [2.24, 2.45) is 0 Å². The van der Waals surface area contributed by atoms with Crippen molar-refractivity contribution in [1.29, 1.82) is 0 Å². The van der Waals surface area contributed by atoms with E-state index in [9.17, 15) is 19.3 Å². The third kappa shape index (κ3) is 3.83. The minimum atomic E-state index is -0.605. The average molecular weight is 422 g/mol. The van der Waals surface area contributed by atoms with Gasteiger partial charge in [0.2, 0.25) is 0 Å². The van der Waals surface area contributed by atoms with E-state index in [2.05, 4.69) is 4.90 Å². The average Bonchev–Trinajstić information content (AvgIpc) is 3.35. The molecule has 0 spiro atoms. The van der Waals surface area contributed by atoms with Crippen LogP contribution < -0.4 is 14.7 Å². The third-order valence-electron chi connectivity index (χ3n) is 5.01. The molecule has 2 fully saturated rings. The number of ether oxygens (including phenoxy) is 1. The lowest BCUT2D eigenvalue weighted by Crippen LogP contribution is -2.46. The molecule has 2 aliphatic heterocycles. The molecule has 1 amide bonds. The van der Waals surface area contributed by atoms with Crippen molar-refractivity contribution in [3.8, 4) is 0 Å². The summed E-state index contributed by atoms with van der Waals surface area (Å²) in [6.45, 7) is 2.28. The molecule has 0 bridgehead atoms. The van der Waals surface area contributed by atoms with Gasteiger partial charge in [-0.2, -0.15) is 0 Å². The predicted octanol–water partition coefficient (Wildman–Crippen LogP) is 2.44. The molecule has 11 heteroatoms. The molecule has 0 saturated carbocycles. The van der Waals surface area contributed by atoms with E-state index in [1.807, 2.05) is 4.90 Å². The van der Waals surface area contributed by atoms with E-state index < -0.39 is 22.9 Å². The van der Waals surface area contributed by atoms with E-state index in [4.69, 9.17) is 9.84 Å². The summed E-state index contributed by atoms with van der Waals surface area (Å²) in [5, 5.41) is 20.9. The zero-order chi connectivity index (χ0) is 20.5. The van der Waals surface area contributed by atoms with Crippen molar-refractivity contribution in [3.63, 3.8) is 0 Å². The quantitative estimate of drug-likeness (QED) is 0.584. The highest BCUT2D eigenvalue weighted by atomic mass is 32.1. The number of anilines is 3. The molecule has 1 atom stereocenters. The summed E-state index contributed by atoms with van der Waals surface area (Å²) in [4.78, 5) is 27.6. The Hall–Kier alpha value is -2.92. The number of cyclic esters (lactones) is 1. The van der Waals surface area contributed by atoms with Crippen LogP contribution in [0, 0.1) is 15.9 Å². The maximum absolute atomic E-state index is 14.8. The van der Waals surface area contributed by atoms with Crippen molar-refractivity contribution in [2.75, 3.05) is 54.0 Å². The summed E-state index contributed by atoms with van der Waals surface area (Å²) in [5.74, 6) is -0.442. The Morgan fingerprint density at radius 2 is 1.93 bits per heavy atom. The number of hydrogen-bond donors (Lipinski definition) is 1. The molecule has 154 valence electrons. The molecular weight excluding hydrogens is 403 g/mol. The Kier molecular flexibility index (Phi) is 5.24. The first-order valence-electron chi connectivity index (χ1n) is 9.09. The first-order chi connectivity index (χ1) is 14.0. The molecule has 0 radical (unpaired) electrons. The Labute approximate surface area is 169 Å². The number of nitrogens with zero attached hydrogens (tertiary/aromatic N) is 4. The number of carbonyl (C=O) groups is 1. The molecule has 1 aromatic heterocycles. The fraction of sp³-hybridized carbons (Fsp3) is 0.389. The molecule has 1 aromatic carbocycles. The highest BCUT2D eigenvalue weighted by Crippen LogP contribution is 2.33. The fourth-order valence-corrected chi connectivity index (χ4v) is 4.37. The Morgan fingerprint density at radius 1 is 1.21 bits per heavy atom. The van der Waals surface area contributed by atoms with Crippen LogP contribution in [0.5, 0.6) is 0 Å². The molecule has 0 unspecified atom stereocenters. The number of benzene rings is 1. The molecule has 2 aliphatic rings. The van der Waals surface area contributed by atoms with Crippen LogP contribution in [0.1, 0.15) is 0 Å².